The molecule has 156 valence electrons. The molecule has 4 rings (SSSR count). The number of nitrogens with one attached hydrogen (secondary N) is 2. The topological polar surface area (TPSA) is 72.4 Å². The summed E-state index contributed by atoms with van der Waals surface area (Å²) >= 11 is 1.61. The van der Waals surface area contributed by atoms with E-state index < -0.39 is 12.0 Å². The van der Waals surface area contributed by atoms with Crippen molar-refractivity contribution in [3.8, 4) is 0 Å². The highest BCUT2D eigenvalue weighted by Gasteiger charge is 2.32. The molecule has 2 aromatic carbocycles. The summed E-state index contributed by atoms with van der Waals surface area (Å²) < 4.78 is 7.72. The molecule has 2 N–H and O–H groups in total. The molecule has 0 saturated heterocycles. The minimum Gasteiger partial charge on any atom is -0.461 e. The van der Waals surface area contributed by atoms with Crippen LogP contribution in [0.5, 0.6) is 0 Å². The van der Waals surface area contributed by atoms with Crippen LogP contribution in [0.2, 0.25) is 0 Å². The Bertz CT molecular complexity index is 1170. The number of rotatable bonds is 6. The van der Waals surface area contributed by atoms with E-state index in [1.807, 2.05) is 24.5 Å². The summed E-state index contributed by atoms with van der Waals surface area (Å²) in [6, 6.07) is 13.5. The molecule has 0 unspecified atom stereocenters. The zero-order valence-corrected chi connectivity index (χ0v) is 18.1. The maximum Gasteiger partial charge on any atom is 0.338 e. The standard InChI is InChI=1S/C23H25N3O3S/c1-4-26-18-8-6-5-7-16(18)17-13-15(9-10-19(17)26)21-20(14(2)24-23(28)25-21)22(27)29-11-12-30-3/h5-10,13,21H,4,11-12H2,1-3H3,(H2,24,25,28)/t21-/m1/s1. The molecule has 1 aliphatic rings. The SMILES string of the molecule is CCn1c2ccccc2c2cc([C@H]3NC(=O)NC(C)=C3C(=O)OCCSC)ccc21. The van der Waals surface area contributed by atoms with Crippen molar-refractivity contribution in [1.82, 2.24) is 15.2 Å². The third-order valence-electron chi connectivity index (χ3n) is 5.46. The second kappa shape index (κ2) is 8.44. The Kier molecular flexibility index (Phi) is 5.72. The molecule has 1 aliphatic heterocycles. The number of allylic oxidation sites excluding steroid dienone is 1. The van der Waals surface area contributed by atoms with Crippen LogP contribution in [0.25, 0.3) is 21.8 Å². The van der Waals surface area contributed by atoms with E-state index in [1.165, 1.54) is 5.52 Å². The molecule has 0 saturated carbocycles. The maximum atomic E-state index is 12.8. The lowest BCUT2D eigenvalue weighted by molar-refractivity contribution is -0.138. The summed E-state index contributed by atoms with van der Waals surface area (Å²) in [5, 5.41) is 7.85. The summed E-state index contributed by atoms with van der Waals surface area (Å²) in [5.74, 6) is 0.320. The van der Waals surface area contributed by atoms with Gasteiger partial charge in [-0.3, -0.25) is 0 Å². The Morgan fingerprint density at radius 2 is 1.93 bits per heavy atom. The quantitative estimate of drug-likeness (QED) is 0.457. The van der Waals surface area contributed by atoms with Gasteiger partial charge in [-0.15, -0.1) is 0 Å². The summed E-state index contributed by atoms with van der Waals surface area (Å²) in [7, 11) is 0. The van der Waals surface area contributed by atoms with Crippen LogP contribution in [-0.4, -0.2) is 35.2 Å². The van der Waals surface area contributed by atoms with Crippen molar-refractivity contribution in [3.05, 3.63) is 59.3 Å². The second-order valence-corrected chi connectivity index (χ2v) is 8.22. The van der Waals surface area contributed by atoms with Crippen LogP contribution in [-0.2, 0) is 16.1 Å². The van der Waals surface area contributed by atoms with E-state index in [0.29, 0.717) is 17.9 Å². The van der Waals surface area contributed by atoms with Gasteiger partial charge in [-0.05, 0) is 43.9 Å². The molecule has 6 nitrogen and oxygen atoms in total. The minimum atomic E-state index is -0.561. The van der Waals surface area contributed by atoms with E-state index >= 15 is 0 Å². The van der Waals surface area contributed by atoms with E-state index in [9.17, 15) is 9.59 Å². The Morgan fingerprint density at radius 3 is 2.70 bits per heavy atom. The van der Waals surface area contributed by atoms with Gasteiger partial charge in [0.1, 0.15) is 6.61 Å². The number of aryl methyl sites for hydroxylation is 1. The van der Waals surface area contributed by atoms with Gasteiger partial charge >= 0.3 is 12.0 Å². The van der Waals surface area contributed by atoms with Gasteiger partial charge in [0.2, 0.25) is 0 Å². The van der Waals surface area contributed by atoms with Crippen molar-refractivity contribution in [2.45, 2.75) is 26.4 Å². The van der Waals surface area contributed by atoms with Gasteiger partial charge in [0.05, 0.1) is 11.6 Å². The molecule has 0 radical (unpaired) electrons. The number of aromatic nitrogens is 1. The van der Waals surface area contributed by atoms with E-state index in [2.05, 4.69) is 46.4 Å². The normalized spacial score (nSPS) is 16.6. The van der Waals surface area contributed by atoms with Crippen molar-refractivity contribution in [3.63, 3.8) is 0 Å². The van der Waals surface area contributed by atoms with Gasteiger partial charge in [0.15, 0.2) is 0 Å². The van der Waals surface area contributed by atoms with Crippen molar-refractivity contribution < 1.29 is 14.3 Å². The molecule has 2 heterocycles. The lowest BCUT2D eigenvalue weighted by Crippen LogP contribution is -2.45. The first-order valence-electron chi connectivity index (χ1n) is 10.00. The van der Waals surface area contributed by atoms with Crippen LogP contribution in [0, 0.1) is 0 Å². The highest BCUT2D eigenvalue weighted by atomic mass is 32.2. The van der Waals surface area contributed by atoms with Gasteiger partial charge in [-0.2, -0.15) is 11.8 Å². The monoisotopic (exact) mass is 423 g/mol. The highest BCUT2D eigenvalue weighted by molar-refractivity contribution is 7.98. The molecule has 1 aromatic heterocycles. The number of nitrogens with zero attached hydrogens (tertiary/aromatic N) is 1. The lowest BCUT2D eigenvalue weighted by Gasteiger charge is -2.28. The first kappa shape index (κ1) is 20.3. The first-order valence-corrected chi connectivity index (χ1v) is 11.4. The fourth-order valence-electron chi connectivity index (χ4n) is 4.10. The first-order chi connectivity index (χ1) is 14.5. The van der Waals surface area contributed by atoms with Gasteiger partial charge in [0.25, 0.3) is 0 Å². The molecule has 7 heteroatoms. The lowest BCUT2D eigenvalue weighted by atomic mass is 9.94. The third kappa shape index (κ3) is 3.54. The Balaban J connectivity index is 1.80. The number of thioether (sulfide) groups is 1. The van der Waals surface area contributed by atoms with Crippen LogP contribution in [0.3, 0.4) is 0 Å². The van der Waals surface area contributed by atoms with Crippen molar-refractivity contribution in [1.29, 1.82) is 0 Å². The van der Waals surface area contributed by atoms with E-state index in [0.717, 1.165) is 34.2 Å². The maximum absolute atomic E-state index is 12.8. The van der Waals surface area contributed by atoms with Gasteiger partial charge in [-0.25, -0.2) is 9.59 Å². The van der Waals surface area contributed by atoms with E-state index in [4.69, 9.17) is 4.74 Å². The molecule has 0 fully saturated rings. The number of ether oxygens (including phenoxy) is 1. The van der Waals surface area contributed by atoms with Crippen LogP contribution < -0.4 is 10.6 Å². The van der Waals surface area contributed by atoms with Crippen LogP contribution >= 0.6 is 11.8 Å². The summed E-state index contributed by atoms with van der Waals surface area (Å²) in [6.45, 7) is 5.06. The average molecular weight is 424 g/mol. The van der Waals surface area contributed by atoms with Crippen molar-refractivity contribution in [2.75, 3.05) is 18.6 Å². The Labute approximate surface area is 179 Å². The number of para-hydroxylation sites is 1. The van der Waals surface area contributed by atoms with Crippen molar-refractivity contribution in [2.24, 2.45) is 0 Å². The fraction of sp³-hybridized carbons (Fsp3) is 0.304. The number of urea groups is 1. The van der Waals surface area contributed by atoms with Crippen LogP contribution in [0.1, 0.15) is 25.5 Å². The predicted molar refractivity (Wildman–Crippen MR) is 122 cm³/mol. The van der Waals surface area contributed by atoms with E-state index in [-0.39, 0.29) is 6.03 Å². The zero-order chi connectivity index (χ0) is 21.3. The number of amides is 2. The second-order valence-electron chi connectivity index (χ2n) is 7.24. The van der Waals surface area contributed by atoms with Crippen LogP contribution in [0.4, 0.5) is 4.79 Å². The fourth-order valence-corrected chi connectivity index (χ4v) is 4.35. The number of fused-ring (bicyclic) bond motifs is 3. The molecular formula is C23H25N3O3S. The molecule has 0 aliphatic carbocycles. The number of esters is 1. The van der Waals surface area contributed by atoms with Crippen molar-refractivity contribution >= 4 is 45.6 Å². The molecule has 1 atom stereocenters. The summed E-state index contributed by atoms with van der Waals surface area (Å²) in [4.78, 5) is 25.0. The summed E-state index contributed by atoms with van der Waals surface area (Å²) in [6.07, 6.45) is 1.96. The largest absolute Gasteiger partial charge is 0.461 e. The van der Waals surface area contributed by atoms with E-state index in [1.54, 1.807) is 18.7 Å². The number of benzene rings is 2. The average Bonchev–Trinajstić information content (AvgIpc) is 3.06. The smallest absolute Gasteiger partial charge is 0.338 e. The number of hydrogen-bond donors (Lipinski definition) is 2. The Morgan fingerprint density at radius 1 is 1.17 bits per heavy atom. The predicted octanol–water partition coefficient (Wildman–Crippen LogP) is 4.35. The number of hydrogen-bond acceptors (Lipinski definition) is 4. The summed E-state index contributed by atoms with van der Waals surface area (Å²) in [5.41, 5.74) is 4.12. The van der Waals surface area contributed by atoms with Gasteiger partial charge in [-0.1, -0.05) is 24.3 Å². The zero-order valence-electron chi connectivity index (χ0n) is 17.3. The highest BCUT2D eigenvalue weighted by Crippen LogP contribution is 2.34. The van der Waals surface area contributed by atoms with Crippen LogP contribution in [0.15, 0.2) is 53.7 Å². The van der Waals surface area contributed by atoms with Gasteiger partial charge < -0.3 is 19.9 Å². The molecule has 2 amide bonds. The Hall–Kier alpha value is -2.93. The molecule has 30 heavy (non-hydrogen) atoms. The number of carbonyl (C=O) groups is 2. The third-order valence-corrected chi connectivity index (χ3v) is 6.03. The molecule has 3 aromatic rings. The molecule has 0 bridgehead atoms. The number of carbonyl (C=O) groups excluding carboxylic acids is 2. The minimum absolute atomic E-state index is 0.325. The van der Waals surface area contributed by atoms with Gasteiger partial charge in [0, 0.05) is 39.8 Å². The molecule has 0 spiro atoms. The molecular weight excluding hydrogens is 398 g/mol.